The highest BCUT2D eigenvalue weighted by Gasteiger charge is 2.14. The lowest BCUT2D eigenvalue weighted by Crippen LogP contribution is -2.27. The number of carbonyl (C=O) groups is 1. The molecule has 0 saturated carbocycles. The van der Waals surface area contributed by atoms with Gasteiger partial charge in [0, 0.05) is 11.6 Å². The second kappa shape index (κ2) is 5.79. The topological polar surface area (TPSA) is 55.1 Å². The first-order valence-electron chi connectivity index (χ1n) is 6.88. The Morgan fingerprint density at radius 1 is 1.24 bits per heavy atom. The maximum absolute atomic E-state index is 11.9. The SMILES string of the molecule is Cc1ccc(-c2cc(CNC(=O)C3C=CC=C3)on2)cc1. The van der Waals surface area contributed by atoms with Gasteiger partial charge in [-0.05, 0) is 6.92 Å². The minimum atomic E-state index is -0.176. The Kier molecular flexibility index (Phi) is 3.69. The van der Waals surface area contributed by atoms with Crippen molar-refractivity contribution >= 4 is 5.91 Å². The Labute approximate surface area is 123 Å². The van der Waals surface area contributed by atoms with Crippen molar-refractivity contribution < 1.29 is 9.32 Å². The van der Waals surface area contributed by atoms with E-state index >= 15 is 0 Å². The lowest BCUT2D eigenvalue weighted by atomic mass is 10.1. The van der Waals surface area contributed by atoms with Crippen LogP contribution in [-0.2, 0) is 11.3 Å². The summed E-state index contributed by atoms with van der Waals surface area (Å²) >= 11 is 0. The molecule has 21 heavy (non-hydrogen) atoms. The Hall–Kier alpha value is -2.62. The number of nitrogens with zero attached hydrogens (tertiary/aromatic N) is 1. The number of aryl methyl sites for hydroxylation is 1. The fourth-order valence-electron chi connectivity index (χ4n) is 2.16. The van der Waals surface area contributed by atoms with Crippen molar-refractivity contribution in [2.45, 2.75) is 13.5 Å². The van der Waals surface area contributed by atoms with Gasteiger partial charge in [0.15, 0.2) is 5.76 Å². The van der Waals surface area contributed by atoms with Gasteiger partial charge < -0.3 is 9.84 Å². The van der Waals surface area contributed by atoms with Gasteiger partial charge in [0.05, 0.1) is 12.5 Å². The number of rotatable bonds is 4. The van der Waals surface area contributed by atoms with Crippen LogP contribution in [0.5, 0.6) is 0 Å². The van der Waals surface area contributed by atoms with Crippen LogP contribution in [0.25, 0.3) is 11.3 Å². The van der Waals surface area contributed by atoms with Gasteiger partial charge in [-0.3, -0.25) is 4.79 Å². The maximum Gasteiger partial charge on any atom is 0.231 e. The molecule has 4 nitrogen and oxygen atoms in total. The molecule has 1 aliphatic carbocycles. The number of hydrogen-bond acceptors (Lipinski definition) is 3. The fourth-order valence-corrected chi connectivity index (χ4v) is 2.16. The van der Waals surface area contributed by atoms with E-state index in [4.69, 9.17) is 4.52 Å². The van der Waals surface area contributed by atoms with Crippen molar-refractivity contribution in [1.29, 1.82) is 0 Å². The lowest BCUT2D eigenvalue weighted by Gasteiger charge is -2.05. The van der Waals surface area contributed by atoms with Crippen molar-refractivity contribution in [2.24, 2.45) is 5.92 Å². The molecule has 0 aliphatic heterocycles. The van der Waals surface area contributed by atoms with Crippen molar-refractivity contribution in [3.8, 4) is 11.3 Å². The van der Waals surface area contributed by atoms with Crippen LogP contribution in [0.15, 0.2) is 59.2 Å². The average Bonchev–Trinajstić information content (AvgIpc) is 3.17. The molecule has 2 aromatic rings. The first-order valence-corrected chi connectivity index (χ1v) is 6.88. The van der Waals surface area contributed by atoms with E-state index in [-0.39, 0.29) is 11.8 Å². The van der Waals surface area contributed by atoms with E-state index < -0.39 is 0 Å². The summed E-state index contributed by atoms with van der Waals surface area (Å²) in [5.74, 6) is 0.433. The van der Waals surface area contributed by atoms with E-state index in [0.717, 1.165) is 11.3 Å². The largest absolute Gasteiger partial charge is 0.359 e. The van der Waals surface area contributed by atoms with Gasteiger partial charge in [-0.25, -0.2) is 0 Å². The van der Waals surface area contributed by atoms with E-state index in [1.807, 2.05) is 61.6 Å². The van der Waals surface area contributed by atoms with Crippen LogP contribution in [0.2, 0.25) is 0 Å². The standard InChI is InChI=1S/C17H16N2O2/c1-12-6-8-13(9-7-12)16-10-15(21-19-16)11-18-17(20)14-4-2-3-5-14/h2-10,14H,11H2,1H3,(H,18,20). The highest BCUT2D eigenvalue weighted by Crippen LogP contribution is 2.19. The van der Waals surface area contributed by atoms with E-state index in [9.17, 15) is 4.79 Å². The molecule has 0 saturated heterocycles. The van der Waals surface area contributed by atoms with Crippen LogP contribution in [0.3, 0.4) is 0 Å². The molecule has 1 heterocycles. The van der Waals surface area contributed by atoms with Gasteiger partial charge in [-0.2, -0.15) is 0 Å². The molecule has 0 unspecified atom stereocenters. The molecule has 0 bridgehead atoms. The van der Waals surface area contributed by atoms with E-state index in [0.29, 0.717) is 12.3 Å². The molecule has 106 valence electrons. The first kappa shape index (κ1) is 13.4. The number of carbonyl (C=O) groups excluding carboxylic acids is 1. The van der Waals surface area contributed by atoms with E-state index in [2.05, 4.69) is 10.5 Å². The molecule has 4 heteroatoms. The number of allylic oxidation sites excluding steroid dienone is 2. The molecule has 0 atom stereocenters. The molecule has 0 spiro atoms. The third-order valence-electron chi connectivity index (χ3n) is 3.39. The van der Waals surface area contributed by atoms with Gasteiger partial charge in [0.25, 0.3) is 0 Å². The molecule has 0 radical (unpaired) electrons. The zero-order valence-corrected chi connectivity index (χ0v) is 11.7. The lowest BCUT2D eigenvalue weighted by molar-refractivity contribution is -0.122. The number of benzene rings is 1. The van der Waals surface area contributed by atoms with Crippen LogP contribution < -0.4 is 5.32 Å². The zero-order chi connectivity index (χ0) is 14.7. The molecule has 3 rings (SSSR count). The normalized spacial score (nSPS) is 13.8. The monoisotopic (exact) mass is 280 g/mol. The van der Waals surface area contributed by atoms with Crippen molar-refractivity contribution in [3.63, 3.8) is 0 Å². The third-order valence-corrected chi connectivity index (χ3v) is 3.39. The zero-order valence-electron chi connectivity index (χ0n) is 11.7. The Morgan fingerprint density at radius 3 is 2.67 bits per heavy atom. The fraction of sp³-hybridized carbons (Fsp3) is 0.176. The highest BCUT2D eigenvalue weighted by atomic mass is 16.5. The first-order chi connectivity index (χ1) is 10.2. The number of nitrogens with one attached hydrogen (secondary N) is 1. The van der Waals surface area contributed by atoms with Crippen molar-refractivity contribution in [3.05, 3.63) is 66.0 Å². The maximum atomic E-state index is 11.9. The summed E-state index contributed by atoms with van der Waals surface area (Å²) < 4.78 is 5.26. The predicted octanol–water partition coefficient (Wildman–Crippen LogP) is 3.01. The van der Waals surface area contributed by atoms with Gasteiger partial charge in [-0.1, -0.05) is 59.3 Å². The third kappa shape index (κ3) is 3.11. The van der Waals surface area contributed by atoms with Crippen LogP contribution in [-0.4, -0.2) is 11.1 Å². The quantitative estimate of drug-likeness (QED) is 0.936. The van der Waals surface area contributed by atoms with Crippen molar-refractivity contribution in [2.75, 3.05) is 0 Å². The van der Waals surface area contributed by atoms with Crippen LogP contribution in [0, 0.1) is 12.8 Å². The highest BCUT2D eigenvalue weighted by molar-refractivity contribution is 5.83. The number of amides is 1. The van der Waals surface area contributed by atoms with Crippen molar-refractivity contribution in [1.82, 2.24) is 10.5 Å². The molecule has 0 fully saturated rings. The van der Waals surface area contributed by atoms with Gasteiger partial charge in [0.1, 0.15) is 5.69 Å². The summed E-state index contributed by atoms with van der Waals surface area (Å²) in [7, 11) is 0. The molecular formula is C17H16N2O2. The summed E-state index contributed by atoms with van der Waals surface area (Å²) in [6, 6.07) is 9.92. The molecule has 1 amide bonds. The molecule has 1 aromatic heterocycles. The Balaban J connectivity index is 1.62. The summed E-state index contributed by atoms with van der Waals surface area (Å²) in [4.78, 5) is 11.9. The summed E-state index contributed by atoms with van der Waals surface area (Å²) in [5.41, 5.74) is 2.98. The second-order valence-electron chi connectivity index (χ2n) is 5.06. The Bertz CT molecular complexity index is 684. The molecule has 1 N–H and O–H groups in total. The van der Waals surface area contributed by atoms with Gasteiger partial charge >= 0.3 is 0 Å². The average molecular weight is 280 g/mol. The second-order valence-corrected chi connectivity index (χ2v) is 5.06. The van der Waals surface area contributed by atoms with Gasteiger partial charge in [0.2, 0.25) is 5.91 Å². The summed E-state index contributed by atoms with van der Waals surface area (Å²) in [5, 5.41) is 6.88. The van der Waals surface area contributed by atoms with E-state index in [1.165, 1.54) is 5.56 Å². The summed E-state index contributed by atoms with van der Waals surface area (Å²) in [6.45, 7) is 2.38. The van der Waals surface area contributed by atoms with Crippen LogP contribution in [0.1, 0.15) is 11.3 Å². The molecule has 1 aromatic carbocycles. The minimum Gasteiger partial charge on any atom is -0.359 e. The smallest absolute Gasteiger partial charge is 0.231 e. The Morgan fingerprint density at radius 2 is 1.95 bits per heavy atom. The van der Waals surface area contributed by atoms with Crippen LogP contribution >= 0.6 is 0 Å². The molecule has 1 aliphatic rings. The minimum absolute atomic E-state index is 0.0340. The number of hydrogen-bond donors (Lipinski definition) is 1. The number of aromatic nitrogens is 1. The summed E-state index contributed by atoms with van der Waals surface area (Å²) in [6.07, 6.45) is 7.45. The molecular weight excluding hydrogens is 264 g/mol. The van der Waals surface area contributed by atoms with E-state index in [1.54, 1.807) is 0 Å². The van der Waals surface area contributed by atoms with Gasteiger partial charge in [-0.15, -0.1) is 0 Å². The predicted molar refractivity (Wildman–Crippen MR) is 80.3 cm³/mol. The van der Waals surface area contributed by atoms with Crippen LogP contribution in [0.4, 0.5) is 0 Å².